The Morgan fingerprint density at radius 2 is 1.95 bits per heavy atom. The second-order valence-electron chi connectivity index (χ2n) is 5.51. The number of carbonyl (C=O) groups excluding carboxylic acids is 1. The average molecular weight is 275 g/mol. The molecule has 1 aromatic carbocycles. The van der Waals surface area contributed by atoms with Crippen LogP contribution >= 0.6 is 0 Å². The number of nitrogens with one attached hydrogen (secondary N) is 2. The molecule has 1 atom stereocenters. The number of carbonyl (C=O) groups is 1. The van der Waals surface area contributed by atoms with Crippen molar-refractivity contribution in [2.24, 2.45) is 5.92 Å². The van der Waals surface area contributed by atoms with E-state index in [4.69, 9.17) is 0 Å². The summed E-state index contributed by atoms with van der Waals surface area (Å²) in [7, 11) is 1.87. The predicted octanol–water partition coefficient (Wildman–Crippen LogP) is 2.47. The van der Waals surface area contributed by atoms with Crippen molar-refractivity contribution in [3.8, 4) is 0 Å². The smallest absolute Gasteiger partial charge is 0.228 e. The van der Waals surface area contributed by atoms with Crippen molar-refractivity contribution in [2.75, 3.05) is 36.9 Å². The summed E-state index contributed by atoms with van der Waals surface area (Å²) in [5.41, 5.74) is 2.08. The van der Waals surface area contributed by atoms with Gasteiger partial charge in [0.1, 0.15) is 0 Å². The number of hydrogen-bond acceptors (Lipinski definition) is 3. The van der Waals surface area contributed by atoms with Gasteiger partial charge in [-0.25, -0.2) is 0 Å². The van der Waals surface area contributed by atoms with Crippen molar-refractivity contribution in [3.63, 3.8) is 0 Å². The molecule has 4 heteroatoms. The third-order valence-electron chi connectivity index (χ3n) is 3.82. The van der Waals surface area contributed by atoms with Crippen LogP contribution in [-0.4, -0.2) is 32.6 Å². The molecule has 1 aliphatic rings. The zero-order valence-corrected chi connectivity index (χ0v) is 12.5. The summed E-state index contributed by atoms with van der Waals surface area (Å²) in [6.07, 6.45) is 3.78. The number of amides is 1. The van der Waals surface area contributed by atoms with Gasteiger partial charge in [0.25, 0.3) is 0 Å². The lowest BCUT2D eigenvalue weighted by Crippen LogP contribution is -2.32. The summed E-state index contributed by atoms with van der Waals surface area (Å²) in [5.74, 6) is 0.0400. The molecule has 0 radical (unpaired) electrons. The highest BCUT2D eigenvalue weighted by molar-refractivity contribution is 5.95. The molecule has 0 aromatic heterocycles. The van der Waals surface area contributed by atoms with Gasteiger partial charge in [-0.3, -0.25) is 4.79 Å². The molecule has 2 rings (SSSR count). The summed E-state index contributed by atoms with van der Waals surface area (Å²) < 4.78 is 0. The minimum absolute atomic E-state index is 0.0330. The van der Waals surface area contributed by atoms with E-state index in [1.807, 2.05) is 32.2 Å². The van der Waals surface area contributed by atoms with Crippen LogP contribution in [0.4, 0.5) is 11.4 Å². The molecule has 0 aliphatic carbocycles. The molecule has 1 unspecified atom stereocenters. The third-order valence-corrected chi connectivity index (χ3v) is 3.82. The fourth-order valence-corrected chi connectivity index (χ4v) is 2.64. The van der Waals surface area contributed by atoms with E-state index < -0.39 is 0 Å². The Bertz CT molecular complexity index is 441. The number of benzene rings is 1. The van der Waals surface area contributed by atoms with Gasteiger partial charge in [0.2, 0.25) is 5.91 Å². The van der Waals surface area contributed by atoms with Crippen LogP contribution in [0.15, 0.2) is 24.3 Å². The SMILES string of the molecule is CNCC(C)C(=O)Nc1ccccc1N1CCCCC1. The highest BCUT2D eigenvalue weighted by atomic mass is 16.1. The van der Waals surface area contributed by atoms with Crippen LogP contribution < -0.4 is 15.5 Å². The van der Waals surface area contributed by atoms with Crippen molar-refractivity contribution < 1.29 is 4.79 Å². The van der Waals surface area contributed by atoms with E-state index in [0.717, 1.165) is 24.5 Å². The van der Waals surface area contributed by atoms with Crippen molar-refractivity contribution in [1.29, 1.82) is 0 Å². The van der Waals surface area contributed by atoms with E-state index in [1.165, 1.54) is 19.3 Å². The van der Waals surface area contributed by atoms with Gasteiger partial charge in [-0.05, 0) is 38.4 Å². The van der Waals surface area contributed by atoms with Gasteiger partial charge in [-0.2, -0.15) is 0 Å². The monoisotopic (exact) mass is 275 g/mol. The Labute approximate surface area is 121 Å². The second kappa shape index (κ2) is 7.29. The zero-order valence-electron chi connectivity index (χ0n) is 12.5. The van der Waals surface area contributed by atoms with Gasteiger partial charge in [-0.15, -0.1) is 0 Å². The molecule has 1 saturated heterocycles. The normalized spacial score (nSPS) is 16.8. The van der Waals surface area contributed by atoms with Gasteiger partial charge < -0.3 is 15.5 Å². The van der Waals surface area contributed by atoms with Crippen LogP contribution in [0.25, 0.3) is 0 Å². The van der Waals surface area contributed by atoms with E-state index in [2.05, 4.69) is 21.6 Å². The molecule has 0 saturated carbocycles. The van der Waals surface area contributed by atoms with Crippen LogP contribution in [-0.2, 0) is 4.79 Å². The van der Waals surface area contributed by atoms with E-state index in [9.17, 15) is 4.79 Å². The maximum atomic E-state index is 12.2. The summed E-state index contributed by atoms with van der Waals surface area (Å²) >= 11 is 0. The molecule has 1 aromatic rings. The average Bonchev–Trinajstić information content (AvgIpc) is 2.49. The fourth-order valence-electron chi connectivity index (χ4n) is 2.64. The minimum atomic E-state index is -0.0330. The molecule has 110 valence electrons. The molecule has 1 aliphatic heterocycles. The summed E-state index contributed by atoms with van der Waals surface area (Å²) in [5, 5.41) is 6.11. The van der Waals surface area contributed by atoms with Gasteiger partial charge in [0, 0.05) is 25.6 Å². The van der Waals surface area contributed by atoms with Crippen molar-refractivity contribution in [2.45, 2.75) is 26.2 Å². The first-order valence-corrected chi connectivity index (χ1v) is 7.52. The van der Waals surface area contributed by atoms with E-state index >= 15 is 0 Å². The van der Waals surface area contributed by atoms with Crippen LogP contribution in [0.2, 0.25) is 0 Å². The maximum absolute atomic E-state index is 12.2. The van der Waals surface area contributed by atoms with Crippen LogP contribution in [0.1, 0.15) is 26.2 Å². The molecule has 0 bridgehead atoms. The quantitative estimate of drug-likeness (QED) is 0.867. The lowest BCUT2D eigenvalue weighted by atomic mass is 10.1. The van der Waals surface area contributed by atoms with Gasteiger partial charge >= 0.3 is 0 Å². The topological polar surface area (TPSA) is 44.4 Å². The molecule has 1 amide bonds. The Balaban J connectivity index is 2.09. The van der Waals surface area contributed by atoms with E-state index in [1.54, 1.807) is 0 Å². The predicted molar refractivity (Wildman–Crippen MR) is 84.2 cm³/mol. The van der Waals surface area contributed by atoms with Crippen LogP contribution in [0.3, 0.4) is 0 Å². The summed E-state index contributed by atoms with van der Waals surface area (Å²) in [6.45, 7) is 4.80. The highest BCUT2D eigenvalue weighted by Gasteiger charge is 2.17. The fraction of sp³-hybridized carbons (Fsp3) is 0.562. The third kappa shape index (κ3) is 3.73. The number of rotatable bonds is 5. The zero-order chi connectivity index (χ0) is 14.4. The standard InChI is InChI=1S/C16H25N3O/c1-13(12-17-2)16(20)18-14-8-4-5-9-15(14)19-10-6-3-7-11-19/h4-5,8-9,13,17H,3,6-7,10-12H2,1-2H3,(H,18,20). The number of hydrogen-bond donors (Lipinski definition) is 2. The first kappa shape index (κ1) is 14.9. The van der Waals surface area contributed by atoms with Crippen molar-refractivity contribution in [3.05, 3.63) is 24.3 Å². The van der Waals surface area contributed by atoms with Gasteiger partial charge in [0.05, 0.1) is 11.4 Å². The lowest BCUT2D eigenvalue weighted by molar-refractivity contribution is -0.119. The lowest BCUT2D eigenvalue weighted by Gasteiger charge is -2.30. The first-order valence-electron chi connectivity index (χ1n) is 7.52. The summed E-state index contributed by atoms with van der Waals surface area (Å²) in [6, 6.07) is 8.11. The van der Waals surface area contributed by atoms with Crippen molar-refractivity contribution in [1.82, 2.24) is 5.32 Å². The van der Waals surface area contributed by atoms with Gasteiger partial charge in [-0.1, -0.05) is 19.1 Å². The van der Waals surface area contributed by atoms with Crippen molar-refractivity contribution >= 4 is 17.3 Å². The first-order chi connectivity index (χ1) is 9.72. The van der Waals surface area contributed by atoms with E-state index in [-0.39, 0.29) is 11.8 Å². The maximum Gasteiger partial charge on any atom is 0.228 e. The highest BCUT2D eigenvalue weighted by Crippen LogP contribution is 2.28. The number of anilines is 2. The molecule has 2 N–H and O–H groups in total. The molecular weight excluding hydrogens is 250 g/mol. The largest absolute Gasteiger partial charge is 0.370 e. The number of para-hydroxylation sites is 2. The Morgan fingerprint density at radius 1 is 1.25 bits per heavy atom. The molecule has 1 fully saturated rings. The van der Waals surface area contributed by atoms with Crippen LogP contribution in [0.5, 0.6) is 0 Å². The Kier molecular flexibility index (Phi) is 5.41. The summed E-state index contributed by atoms with van der Waals surface area (Å²) in [4.78, 5) is 14.5. The molecular formula is C16H25N3O. The molecule has 1 heterocycles. The van der Waals surface area contributed by atoms with Gasteiger partial charge in [0.15, 0.2) is 0 Å². The Hall–Kier alpha value is -1.55. The molecule has 4 nitrogen and oxygen atoms in total. The number of nitrogens with zero attached hydrogens (tertiary/aromatic N) is 1. The second-order valence-corrected chi connectivity index (χ2v) is 5.51. The minimum Gasteiger partial charge on any atom is -0.370 e. The Morgan fingerprint density at radius 3 is 2.65 bits per heavy atom. The number of piperidine rings is 1. The van der Waals surface area contributed by atoms with E-state index in [0.29, 0.717) is 6.54 Å². The van der Waals surface area contributed by atoms with Crippen LogP contribution in [0, 0.1) is 5.92 Å². The molecule has 0 spiro atoms. The molecule has 20 heavy (non-hydrogen) atoms.